The van der Waals surface area contributed by atoms with Gasteiger partial charge >= 0.3 is 0 Å². The van der Waals surface area contributed by atoms with E-state index in [4.69, 9.17) is 11.6 Å². The summed E-state index contributed by atoms with van der Waals surface area (Å²) in [6.45, 7) is 0. The highest BCUT2D eigenvalue weighted by molar-refractivity contribution is 9.10. The molecule has 0 radical (unpaired) electrons. The largest absolute Gasteiger partial charge is 0.298 e. The number of nitrogens with one attached hydrogen (secondary N) is 1. The van der Waals surface area contributed by atoms with Crippen LogP contribution in [0, 0.1) is 0 Å². The Labute approximate surface area is 144 Å². The van der Waals surface area contributed by atoms with Crippen LogP contribution in [0.3, 0.4) is 0 Å². The van der Waals surface area contributed by atoms with E-state index in [9.17, 15) is 4.79 Å². The molecule has 22 heavy (non-hydrogen) atoms. The molecule has 0 saturated heterocycles. The number of carbonyl (C=O) groups is 1. The van der Waals surface area contributed by atoms with Crippen molar-refractivity contribution in [3.05, 3.63) is 63.2 Å². The fourth-order valence-electron chi connectivity index (χ4n) is 1.82. The minimum absolute atomic E-state index is 0.264. The highest BCUT2D eigenvalue weighted by Crippen LogP contribution is 2.27. The Bertz CT molecular complexity index is 837. The average molecular weight is 395 g/mol. The number of aromatic nitrogens is 2. The van der Waals surface area contributed by atoms with E-state index >= 15 is 0 Å². The van der Waals surface area contributed by atoms with Gasteiger partial charge in [-0.1, -0.05) is 39.7 Å². The lowest BCUT2D eigenvalue weighted by atomic mass is 10.2. The maximum absolute atomic E-state index is 12.1. The number of pyridine rings is 1. The van der Waals surface area contributed by atoms with Crippen LogP contribution >= 0.6 is 38.9 Å². The first-order valence-corrected chi connectivity index (χ1v) is 8.31. The lowest BCUT2D eigenvalue weighted by molar-refractivity contribution is 0.102. The smallest absolute Gasteiger partial charge is 0.257 e. The van der Waals surface area contributed by atoms with Gasteiger partial charge in [0.2, 0.25) is 0 Å². The van der Waals surface area contributed by atoms with E-state index in [2.05, 4.69) is 31.2 Å². The summed E-state index contributed by atoms with van der Waals surface area (Å²) in [6.07, 6.45) is 1.49. The van der Waals surface area contributed by atoms with Gasteiger partial charge in [-0.3, -0.25) is 10.1 Å². The summed E-state index contributed by atoms with van der Waals surface area (Å²) in [5.41, 5.74) is 2.24. The number of thiazole rings is 1. The average Bonchev–Trinajstić information content (AvgIpc) is 2.96. The highest BCUT2D eigenvalue weighted by atomic mass is 79.9. The quantitative estimate of drug-likeness (QED) is 0.645. The van der Waals surface area contributed by atoms with Gasteiger partial charge < -0.3 is 0 Å². The minimum Gasteiger partial charge on any atom is -0.298 e. The molecule has 0 saturated carbocycles. The van der Waals surface area contributed by atoms with Crippen LogP contribution in [0.2, 0.25) is 5.15 Å². The molecule has 0 aliphatic heterocycles. The van der Waals surface area contributed by atoms with E-state index in [0.717, 1.165) is 15.7 Å². The fourth-order valence-corrected chi connectivity index (χ4v) is 3.11. The molecule has 0 bridgehead atoms. The number of amides is 1. The van der Waals surface area contributed by atoms with E-state index in [0.29, 0.717) is 10.7 Å². The van der Waals surface area contributed by atoms with Crippen molar-refractivity contribution < 1.29 is 4.79 Å². The molecule has 2 heterocycles. The molecule has 0 fully saturated rings. The lowest BCUT2D eigenvalue weighted by Crippen LogP contribution is -2.11. The van der Waals surface area contributed by atoms with Gasteiger partial charge in [0.05, 0.1) is 5.69 Å². The summed E-state index contributed by atoms with van der Waals surface area (Å²) in [6, 6.07) is 10.9. The van der Waals surface area contributed by atoms with Crippen molar-refractivity contribution >= 4 is 49.9 Å². The first-order valence-electron chi connectivity index (χ1n) is 6.26. The predicted octanol–water partition coefficient (Wildman–Crippen LogP) is 4.87. The van der Waals surface area contributed by atoms with E-state index in [1.54, 1.807) is 6.07 Å². The topological polar surface area (TPSA) is 54.9 Å². The van der Waals surface area contributed by atoms with Gasteiger partial charge in [-0.15, -0.1) is 11.3 Å². The molecule has 1 amide bonds. The Kier molecular flexibility index (Phi) is 4.52. The molecule has 0 unspecified atom stereocenters. The summed E-state index contributed by atoms with van der Waals surface area (Å²) < 4.78 is 0.981. The van der Waals surface area contributed by atoms with Crippen LogP contribution in [0.25, 0.3) is 11.3 Å². The molecular weight excluding hydrogens is 386 g/mol. The van der Waals surface area contributed by atoms with Crippen LogP contribution in [0.15, 0.2) is 52.4 Å². The molecule has 110 valence electrons. The van der Waals surface area contributed by atoms with Crippen molar-refractivity contribution in [2.45, 2.75) is 0 Å². The van der Waals surface area contributed by atoms with Crippen LogP contribution in [-0.4, -0.2) is 15.9 Å². The molecule has 2 aromatic heterocycles. The normalized spacial score (nSPS) is 10.5. The molecule has 0 spiro atoms. The second-order valence-corrected chi connectivity index (χ2v) is 6.53. The Morgan fingerprint density at radius 1 is 1.27 bits per heavy atom. The molecule has 0 atom stereocenters. The number of rotatable bonds is 3. The summed E-state index contributed by atoms with van der Waals surface area (Å²) in [5.74, 6) is -0.264. The Morgan fingerprint density at radius 2 is 2.14 bits per heavy atom. The van der Waals surface area contributed by atoms with Gasteiger partial charge in [0.25, 0.3) is 5.91 Å². The second kappa shape index (κ2) is 6.56. The number of carbonyl (C=O) groups excluding carboxylic acids is 1. The van der Waals surface area contributed by atoms with Crippen LogP contribution < -0.4 is 5.32 Å². The molecule has 0 aliphatic carbocycles. The van der Waals surface area contributed by atoms with Gasteiger partial charge in [-0.2, -0.15) is 0 Å². The molecule has 1 N–H and O–H groups in total. The maximum Gasteiger partial charge on any atom is 0.257 e. The maximum atomic E-state index is 12.1. The zero-order valence-electron chi connectivity index (χ0n) is 11.1. The number of hydrogen-bond donors (Lipinski definition) is 1. The van der Waals surface area contributed by atoms with Gasteiger partial charge in [0, 0.05) is 27.2 Å². The Balaban J connectivity index is 1.78. The van der Waals surface area contributed by atoms with Crippen molar-refractivity contribution in [3.8, 4) is 11.3 Å². The predicted molar refractivity (Wildman–Crippen MR) is 92.5 cm³/mol. The number of halogens is 2. The third kappa shape index (κ3) is 3.52. The standard InChI is InChI=1S/C15H9BrClN3OS/c16-11-3-1-2-9(6-11)12-8-22-15(19-12)20-14(21)10-4-5-18-13(17)7-10/h1-8H,(H,19,20,21). The van der Waals surface area contributed by atoms with E-state index in [1.165, 1.54) is 23.6 Å². The first kappa shape index (κ1) is 15.1. The number of hydrogen-bond acceptors (Lipinski definition) is 4. The molecule has 0 aliphatic rings. The number of nitrogens with zero attached hydrogens (tertiary/aromatic N) is 2. The van der Waals surface area contributed by atoms with E-state index < -0.39 is 0 Å². The van der Waals surface area contributed by atoms with Gasteiger partial charge in [-0.05, 0) is 24.3 Å². The first-order chi connectivity index (χ1) is 10.6. The van der Waals surface area contributed by atoms with Crippen molar-refractivity contribution in [2.75, 3.05) is 5.32 Å². The van der Waals surface area contributed by atoms with Gasteiger partial charge in [0.15, 0.2) is 5.13 Å². The fraction of sp³-hybridized carbons (Fsp3) is 0. The van der Waals surface area contributed by atoms with Crippen molar-refractivity contribution in [2.24, 2.45) is 0 Å². The molecular formula is C15H9BrClN3OS. The molecule has 1 aromatic carbocycles. The summed E-state index contributed by atoms with van der Waals surface area (Å²) in [4.78, 5) is 20.4. The van der Waals surface area contributed by atoms with Gasteiger partial charge in [-0.25, -0.2) is 9.97 Å². The molecule has 4 nitrogen and oxygen atoms in total. The molecule has 3 rings (SSSR count). The monoisotopic (exact) mass is 393 g/mol. The lowest BCUT2D eigenvalue weighted by Gasteiger charge is -2.01. The SMILES string of the molecule is O=C(Nc1nc(-c2cccc(Br)c2)cs1)c1ccnc(Cl)c1. The van der Waals surface area contributed by atoms with E-state index in [1.807, 2.05) is 29.6 Å². The summed E-state index contributed by atoms with van der Waals surface area (Å²) in [7, 11) is 0. The molecule has 3 aromatic rings. The minimum atomic E-state index is -0.264. The zero-order chi connectivity index (χ0) is 15.5. The van der Waals surface area contributed by atoms with Gasteiger partial charge in [0.1, 0.15) is 5.15 Å². The number of benzene rings is 1. The second-order valence-electron chi connectivity index (χ2n) is 4.37. The third-order valence-electron chi connectivity index (χ3n) is 2.83. The van der Waals surface area contributed by atoms with Crippen molar-refractivity contribution in [3.63, 3.8) is 0 Å². The van der Waals surface area contributed by atoms with Crippen LogP contribution in [0.5, 0.6) is 0 Å². The Hall–Kier alpha value is -1.76. The summed E-state index contributed by atoms with van der Waals surface area (Å²) in [5, 5.41) is 5.47. The molecule has 7 heteroatoms. The van der Waals surface area contributed by atoms with Crippen LogP contribution in [0.4, 0.5) is 5.13 Å². The third-order valence-corrected chi connectivity index (χ3v) is 4.29. The Morgan fingerprint density at radius 3 is 2.91 bits per heavy atom. The van der Waals surface area contributed by atoms with E-state index in [-0.39, 0.29) is 11.1 Å². The van der Waals surface area contributed by atoms with Crippen LogP contribution in [0.1, 0.15) is 10.4 Å². The van der Waals surface area contributed by atoms with Crippen molar-refractivity contribution in [1.82, 2.24) is 9.97 Å². The summed E-state index contributed by atoms with van der Waals surface area (Å²) >= 11 is 10.6. The zero-order valence-corrected chi connectivity index (χ0v) is 14.2. The number of anilines is 1. The van der Waals surface area contributed by atoms with Crippen LogP contribution in [-0.2, 0) is 0 Å². The van der Waals surface area contributed by atoms with Crippen molar-refractivity contribution in [1.29, 1.82) is 0 Å². The highest BCUT2D eigenvalue weighted by Gasteiger charge is 2.10.